The van der Waals surface area contributed by atoms with Gasteiger partial charge in [-0.15, -0.1) is 0 Å². The van der Waals surface area contributed by atoms with E-state index in [-0.39, 0.29) is 0 Å². The van der Waals surface area contributed by atoms with Crippen molar-refractivity contribution in [3.05, 3.63) is 78.6 Å². The van der Waals surface area contributed by atoms with Crippen LogP contribution in [0, 0.1) is 17.8 Å². The number of hydrogen-bond donors (Lipinski definition) is 0. The van der Waals surface area contributed by atoms with E-state index in [1.54, 1.807) is 0 Å². The van der Waals surface area contributed by atoms with Gasteiger partial charge in [-0.2, -0.15) is 0 Å². The van der Waals surface area contributed by atoms with Crippen LogP contribution in [0.5, 0.6) is 0 Å². The van der Waals surface area contributed by atoms with Gasteiger partial charge < -0.3 is 4.90 Å². The van der Waals surface area contributed by atoms with Crippen molar-refractivity contribution < 1.29 is 0 Å². The minimum absolute atomic E-state index is 0.445. The highest BCUT2D eigenvalue weighted by molar-refractivity contribution is 5.67. The van der Waals surface area contributed by atoms with Gasteiger partial charge in [-0.05, 0) is 42.2 Å². The first-order valence-corrected chi connectivity index (χ1v) is 9.87. The van der Waals surface area contributed by atoms with Gasteiger partial charge in [0.25, 0.3) is 0 Å². The second kappa shape index (κ2) is 12.4. The molecule has 0 fully saturated rings. The quantitative estimate of drug-likeness (QED) is 0.325. The molecule has 0 aromatic heterocycles. The van der Waals surface area contributed by atoms with Crippen LogP contribution in [0.15, 0.2) is 73.0 Å². The van der Waals surface area contributed by atoms with Gasteiger partial charge in [-0.3, -0.25) is 0 Å². The van der Waals surface area contributed by atoms with Crippen LogP contribution in [0.3, 0.4) is 0 Å². The van der Waals surface area contributed by atoms with E-state index in [0.29, 0.717) is 11.8 Å². The molecule has 0 spiro atoms. The topological polar surface area (TPSA) is 3.24 Å². The van der Waals surface area contributed by atoms with Crippen LogP contribution in [0.1, 0.15) is 46.6 Å². The van der Waals surface area contributed by atoms with Crippen molar-refractivity contribution in [2.75, 3.05) is 13.6 Å². The third kappa shape index (κ3) is 8.38. The van der Waals surface area contributed by atoms with Crippen molar-refractivity contribution in [2.45, 2.75) is 41.0 Å². The number of allylic oxidation sites excluding steroid dienone is 6. The molecule has 0 aliphatic rings. The Balaban J connectivity index is 2.96. The summed E-state index contributed by atoms with van der Waals surface area (Å²) in [4.78, 5) is 2.29. The summed E-state index contributed by atoms with van der Waals surface area (Å²) < 4.78 is 0. The maximum atomic E-state index is 2.33. The second-order valence-electron chi connectivity index (χ2n) is 7.55. The first-order valence-electron chi connectivity index (χ1n) is 9.87. The minimum Gasteiger partial charge on any atom is -0.376 e. The van der Waals surface area contributed by atoms with Crippen molar-refractivity contribution >= 4 is 5.57 Å². The van der Waals surface area contributed by atoms with Crippen LogP contribution in [-0.2, 0) is 0 Å². The van der Waals surface area contributed by atoms with Crippen LogP contribution in [-0.4, -0.2) is 18.5 Å². The lowest BCUT2D eigenvalue weighted by Gasteiger charge is -2.24. The van der Waals surface area contributed by atoms with Gasteiger partial charge >= 0.3 is 0 Å². The molecule has 1 aromatic rings. The van der Waals surface area contributed by atoms with Gasteiger partial charge in [-0.1, -0.05) is 94.5 Å². The Morgan fingerprint density at radius 1 is 1.00 bits per heavy atom. The highest BCUT2D eigenvalue weighted by Crippen LogP contribution is 2.30. The molecule has 0 heterocycles. The zero-order valence-electron chi connectivity index (χ0n) is 17.5. The largest absolute Gasteiger partial charge is 0.376 e. The lowest BCUT2D eigenvalue weighted by Crippen LogP contribution is -2.15. The summed E-state index contributed by atoms with van der Waals surface area (Å²) in [6.45, 7) is 12.1. The molecular formula is C25H37N. The van der Waals surface area contributed by atoms with Crippen molar-refractivity contribution in [3.8, 4) is 0 Å². The third-order valence-corrected chi connectivity index (χ3v) is 4.63. The van der Waals surface area contributed by atoms with E-state index in [9.17, 15) is 0 Å². The average Bonchev–Trinajstić information content (AvgIpc) is 2.63. The number of nitrogens with zero attached hydrogens (tertiary/aromatic N) is 1. The normalized spacial score (nSPS) is 15.4. The Labute approximate surface area is 161 Å². The molecule has 142 valence electrons. The summed E-state index contributed by atoms with van der Waals surface area (Å²) >= 11 is 0. The highest BCUT2D eigenvalue weighted by atomic mass is 15.1. The van der Waals surface area contributed by atoms with E-state index in [0.717, 1.165) is 18.9 Å². The van der Waals surface area contributed by atoms with Crippen molar-refractivity contribution in [1.29, 1.82) is 0 Å². The molecule has 1 rings (SSSR count). The number of likely N-dealkylation sites (N-methyl/N-ethyl adjacent to an activating group) is 1. The van der Waals surface area contributed by atoms with Gasteiger partial charge in [0, 0.05) is 19.8 Å². The van der Waals surface area contributed by atoms with Crippen molar-refractivity contribution in [1.82, 2.24) is 4.90 Å². The van der Waals surface area contributed by atoms with Crippen molar-refractivity contribution in [3.63, 3.8) is 0 Å². The number of hydrogen-bond acceptors (Lipinski definition) is 1. The molecule has 1 aromatic carbocycles. The van der Waals surface area contributed by atoms with E-state index in [1.807, 2.05) is 0 Å². The summed E-state index contributed by atoms with van der Waals surface area (Å²) in [7, 11) is 2.16. The van der Waals surface area contributed by atoms with Gasteiger partial charge in [0.2, 0.25) is 0 Å². The molecule has 0 radical (unpaired) electrons. The van der Waals surface area contributed by atoms with Crippen LogP contribution in [0.25, 0.3) is 5.57 Å². The third-order valence-electron chi connectivity index (χ3n) is 4.63. The molecule has 0 N–H and O–H groups in total. The Hall–Kier alpha value is -2.02. The molecule has 26 heavy (non-hydrogen) atoms. The number of benzene rings is 1. The molecule has 1 unspecified atom stereocenters. The van der Waals surface area contributed by atoms with Gasteiger partial charge in [-0.25, -0.2) is 0 Å². The average molecular weight is 352 g/mol. The predicted molar refractivity (Wildman–Crippen MR) is 118 cm³/mol. The van der Waals surface area contributed by atoms with E-state index in [2.05, 4.69) is 120 Å². The Bertz CT molecular complexity index is 604. The van der Waals surface area contributed by atoms with E-state index in [4.69, 9.17) is 0 Å². The fraction of sp³-hybridized carbons (Fsp3) is 0.440. The van der Waals surface area contributed by atoms with Gasteiger partial charge in [0.1, 0.15) is 0 Å². The molecule has 0 saturated carbocycles. The number of rotatable bonds is 10. The maximum absolute atomic E-state index is 2.33. The monoisotopic (exact) mass is 351 g/mol. The summed E-state index contributed by atoms with van der Waals surface area (Å²) in [5.41, 5.74) is 2.70. The molecule has 0 bridgehead atoms. The molecule has 1 nitrogen and oxygen atoms in total. The van der Waals surface area contributed by atoms with Gasteiger partial charge in [0.15, 0.2) is 0 Å². The minimum atomic E-state index is 0.445. The second-order valence-corrected chi connectivity index (χ2v) is 7.55. The predicted octanol–water partition coefficient (Wildman–Crippen LogP) is 6.97. The fourth-order valence-corrected chi connectivity index (χ4v) is 2.79. The Kier molecular flexibility index (Phi) is 10.5. The Morgan fingerprint density at radius 2 is 1.69 bits per heavy atom. The smallest absolute Gasteiger partial charge is 0.0350 e. The molecule has 0 amide bonds. The summed E-state index contributed by atoms with van der Waals surface area (Å²) in [5, 5.41) is 0. The standard InChI is InChI=1S/C25H37N/c1-7-8-10-16-22(4)23(5)25(24-17-11-9-12-18-24)20-26(6)19-14-13-15-21(2)3/h7-14,16-18,20-23H,15,19H2,1-6H3/b8-7-,14-13+,16-10-,25-20+/t22-,23?/m1/s1. The molecule has 0 saturated heterocycles. The zero-order valence-corrected chi connectivity index (χ0v) is 17.5. The first kappa shape index (κ1) is 22.0. The lowest BCUT2D eigenvalue weighted by molar-refractivity contribution is 0.496. The molecular weight excluding hydrogens is 314 g/mol. The van der Waals surface area contributed by atoms with Crippen LogP contribution < -0.4 is 0 Å². The Morgan fingerprint density at radius 3 is 2.31 bits per heavy atom. The molecule has 0 aliphatic heterocycles. The molecule has 1 heteroatoms. The molecule has 0 aliphatic carbocycles. The molecule has 2 atom stereocenters. The first-order chi connectivity index (χ1) is 12.5. The van der Waals surface area contributed by atoms with Gasteiger partial charge in [0.05, 0.1) is 0 Å². The van der Waals surface area contributed by atoms with Crippen LogP contribution >= 0.6 is 0 Å². The van der Waals surface area contributed by atoms with Crippen LogP contribution in [0.4, 0.5) is 0 Å². The SMILES string of the molecule is C/C=C\C=C/[C@@H](C)C(C)/C(=C\N(C)C/C=C/CC(C)C)c1ccccc1. The fourth-order valence-electron chi connectivity index (χ4n) is 2.79. The zero-order chi connectivity index (χ0) is 19.4. The highest BCUT2D eigenvalue weighted by Gasteiger charge is 2.16. The van der Waals surface area contributed by atoms with E-state index >= 15 is 0 Å². The lowest BCUT2D eigenvalue weighted by atomic mass is 9.85. The summed E-state index contributed by atoms with van der Waals surface area (Å²) in [6.07, 6.45) is 16.7. The van der Waals surface area contributed by atoms with E-state index < -0.39 is 0 Å². The summed E-state index contributed by atoms with van der Waals surface area (Å²) in [5.74, 6) is 1.64. The maximum Gasteiger partial charge on any atom is 0.0350 e. The van der Waals surface area contributed by atoms with E-state index in [1.165, 1.54) is 11.1 Å². The van der Waals surface area contributed by atoms with Crippen LogP contribution in [0.2, 0.25) is 0 Å². The van der Waals surface area contributed by atoms with Crippen molar-refractivity contribution in [2.24, 2.45) is 17.8 Å². The summed E-state index contributed by atoms with van der Waals surface area (Å²) in [6, 6.07) is 10.8.